The van der Waals surface area contributed by atoms with Crippen LogP contribution in [0, 0.1) is 0 Å². The molecule has 5 heteroatoms. The maximum absolute atomic E-state index is 5.19. The number of rotatable bonds is 7. The molecule has 1 aromatic heterocycles. The van der Waals surface area contributed by atoms with Crippen LogP contribution in [0.4, 0.5) is 17.1 Å². The van der Waals surface area contributed by atoms with Crippen LogP contribution in [-0.2, 0) is 0 Å². The highest BCUT2D eigenvalue weighted by Crippen LogP contribution is 2.53. The number of pyridine rings is 1. The van der Waals surface area contributed by atoms with Gasteiger partial charge in [-0.1, -0.05) is 176 Å². The predicted octanol–water partition coefficient (Wildman–Crippen LogP) is 13.1. The van der Waals surface area contributed by atoms with Crippen LogP contribution in [0.25, 0.3) is 49.6 Å². The lowest BCUT2D eigenvalue weighted by Crippen LogP contribution is -2.24. The molecule has 2 aliphatic rings. The third-order valence-electron chi connectivity index (χ3n) is 11.6. The van der Waals surface area contributed by atoms with E-state index in [0.717, 1.165) is 66.9 Å². The Bertz CT molecular complexity index is 3010. The molecule has 59 heavy (non-hydrogen) atoms. The number of nitrogens with zero attached hydrogens (tertiary/aromatic N) is 3. The van der Waals surface area contributed by atoms with Gasteiger partial charge in [0.2, 0.25) is 0 Å². The zero-order valence-corrected chi connectivity index (χ0v) is 32.2. The maximum Gasteiger partial charge on any atom is 0.145 e. The van der Waals surface area contributed by atoms with Gasteiger partial charge in [0.15, 0.2) is 0 Å². The highest BCUT2D eigenvalue weighted by atomic mass is 15.3. The number of hydrogen-bond donors (Lipinski definition) is 2. The second-order valence-electron chi connectivity index (χ2n) is 15.1. The van der Waals surface area contributed by atoms with Crippen LogP contribution in [0.1, 0.15) is 34.6 Å². The number of nitrogens with one attached hydrogen (secondary N) is 2. The summed E-state index contributed by atoms with van der Waals surface area (Å²) >= 11 is 0. The van der Waals surface area contributed by atoms with Crippen molar-refractivity contribution in [2.24, 2.45) is 4.99 Å². The first-order chi connectivity index (χ1) is 29.2. The number of aliphatic imine (C=N–C) groups is 1. The molecule has 9 aromatic rings. The van der Waals surface area contributed by atoms with Crippen LogP contribution in [0.15, 0.2) is 217 Å². The molecule has 5 nitrogen and oxygen atoms in total. The largest absolute Gasteiger partial charge is 0.360 e. The van der Waals surface area contributed by atoms with Gasteiger partial charge in [-0.15, -0.1) is 0 Å². The molecule has 11 rings (SSSR count). The highest BCUT2D eigenvalue weighted by Gasteiger charge is 2.35. The molecular formula is C54H39N5. The minimum absolute atomic E-state index is 0.106. The van der Waals surface area contributed by atoms with Crippen molar-refractivity contribution in [2.45, 2.75) is 12.3 Å². The normalized spacial score (nSPS) is 15.9. The van der Waals surface area contributed by atoms with Crippen LogP contribution in [-0.4, -0.2) is 10.7 Å². The molecule has 8 aromatic carbocycles. The Labute approximate surface area is 343 Å². The summed E-state index contributed by atoms with van der Waals surface area (Å²) in [7, 11) is 0. The average molecular weight is 758 g/mol. The molecule has 2 unspecified atom stereocenters. The number of fused-ring (bicyclic) bond motifs is 6. The van der Waals surface area contributed by atoms with Crippen molar-refractivity contribution < 1.29 is 0 Å². The fraction of sp³-hybridized carbons (Fsp3) is 0.0370. The first-order valence-electron chi connectivity index (χ1n) is 20.1. The Morgan fingerprint density at radius 2 is 0.966 bits per heavy atom. The summed E-state index contributed by atoms with van der Waals surface area (Å²) in [5.41, 5.74) is 15.6. The number of hydrogen-bond acceptors (Lipinski definition) is 5. The van der Waals surface area contributed by atoms with Crippen molar-refractivity contribution >= 4 is 50.1 Å². The molecule has 0 bridgehead atoms. The lowest BCUT2D eigenvalue weighted by Gasteiger charge is -2.28. The minimum Gasteiger partial charge on any atom is -0.360 e. The zero-order valence-electron chi connectivity index (χ0n) is 32.2. The summed E-state index contributed by atoms with van der Waals surface area (Å²) in [5.74, 6) is 0. The van der Waals surface area contributed by atoms with Crippen molar-refractivity contribution in [1.29, 1.82) is 0 Å². The molecule has 280 valence electrons. The molecule has 0 spiro atoms. The third kappa shape index (κ3) is 6.30. The number of anilines is 3. The SMILES string of the molecule is C1=C(c2ccc(-c3ccc(C4Nc5c(c6ccccc6c6ncccc56)N4c4ccccc4)cc3)cc2)NC(c2ccccc2)N=C1c1ccc(-c2ccccc2)cc1. The number of aromatic nitrogens is 1. The molecule has 0 saturated carbocycles. The highest BCUT2D eigenvalue weighted by molar-refractivity contribution is 6.21. The Kier molecular flexibility index (Phi) is 8.55. The van der Waals surface area contributed by atoms with Crippen LogP contribution in [0.2, 0.25) is 0 Å². The van der Waals surface area contributed by atoms with Crippen LogP contribution in [0.5, 0.6) is 0 Å². The number of para-hydroxylation sites is 1. The van der Waals surface area contributed by atoms with Gasteiger partial charge in [0.1, 0.15) is 12.3 Å². The van der Waals surface area contributed by atoms with E-state index in [2.05, 4.69) is 210 Å². The summed E-state index contributed by atoms with van der Waals surface area (Å²) in [4.78, 5) is 12.5. The molecule has 0 amide bonds. The predicted molar refractivity (Wildman–Crippen MR) is 245 cm³/mol. The quantitative estimate of drug-likeness (QED) is 0.159. The van der Waals surface area contributed by atoms with E-state index < -0.39 is 0 Å². The lowest BCUT2D eigenvalue weighted by molar-refractivity contribution is 0.664. The van der Waals surface area contributed by atoms with Crippen molar-refractivity contribution in [1.82, 2.24) is 10.3 Å². The topological polar surface area (TPSA) is 52.6 Å². The van der Waals surface area contributed by atoms with E-state index in [0.29, 0.717) is 0 Å². The van der Waals surface area contributed by atoms with E-state index in [1.807, 2.05) is 18.3 Å². The van der Waals surface area contributed by atoms with Gasteiger partial charge in [-0.2, -0.15) is 0 Å². The number of benzene rings is 8. The van der Waals surface area contributed by atoms with Gasteiger partial charge in [0.25, 0.3) is 0 Å². The molecule has 0 radical (unpaired) electrons. The minimum atomic E-state index is -0.203. The summed E-state index contributed by atoms with van der Waals surface area (Å²) in [6.45, 7) is 0. The van der Waals surface area contributed by atoms with Crippen molar-refractivity contribution in [3.63, 3.8) is 0 Å². The van der Waals surface area contributed by atoms with E-state index in [-0.39, 0.29) is 12.3 Å². The van der Waals surface area contributed by atoms with E-state index in [1.165, 1.54) is 27.8 Å². The average Bonchev–Trinajstić information content (AvgIpc) is 3.74. The fourth-order valence-electron chi connectivity index (χ4n) is 8.62. The summed E-state index contributed by atoms with van der Waals surface area (Å²) < 4.78 is 0. The van der Waals surface area contributed by atoms with E-state index in [9.17, 15) is 0 Å². The summed E-state index contributed by atoms with van der Waals surface area (Å²) in [6, 6.07) is 71.0. The first kappa shape index (κ1) is 34.5. The molecule has 2 N–H and O–H groups in total. The van der Waals surface area contributed by atoms with Crippen molar-refractivity contribution in [3.8, 4) is 22.3 Å². The molecule has 0 aliphatic carbocycles. The molecule has 3 heterocycles. The second-order valence-corrected chi connectivity index (χ2v) is 15.1. The van der Waals surface area contributed by atoms with Crippen molar-refractivity contribution in [3.05, 3.63) is 235 Å². The standard InChI is InChI=1S/C54H39N5/c1-4-13-36(14-5-1)37-22-28-40(29-23-37)48-35-49(57-53(56-48)42-15-6-2-7-16-42)41-30-24-38(25-31-41)39-26-32-43(33-27-39)54-58-51-47-21-12-34-55-50(47)45-19-10-11-20-46(45)52(51)59(54)44-17-8-3-9-18-44/h1-35,53-54,57-58H. The van der Waals surface area contributed by atoms with E-state index in [4.69, 9.17) is 9.98 Å². The van der Waals surface area contributed by atoms with Crippen molar-refractivity contribution in [2.75, 3.05) is 10.2 Å². The van der Waals surface area contributed by atoms with Gasteiger partial charge in [-0.3, -0.25) is 9.98 Å². The van der Waals surface area contributed by atoms with E-state index in [1.54, 1.807) is 0 Å². The van der Waals surface area contributed by atoms with Crippen LogP contribution in [0.3, 0.4) is 0 Å². The van der Waals surface area contributed by atoms with Gasteiger partial charge in [0.05, 0.1) is 22.6 Å². The first-order valence-corrected chi connectivity index (χ1v) is 20.1. The fourth-order valence-corrected chi connectivity index (χ4v) is 8.62. The van der Waals surface area contributed by atoms with E-state index >= 15 is 0 Å². The van der Waals surface area contributed by atoms with Gasteiger partial charge < -0.3 is 15.5 Å². The monoisotopic (exact) mass is 757 g/mol. The van der Waals surface area contributed by atoms with Gasteiger partial charge in [-0.25, -0.2) is 0 Å². The summed E-state index contributed by atoms with van der Waals surface area (Å²) in [6.07, 6.45) is 3.75. The maximum atomic E-state index is 5.19. The number of allylic oxidation sites excluding steroid dienone is 1. The zero-order chi connectivity index (χ0) is 39.1. The molecule has 2 aliphatic heterocycles. The van der Waals surface area contributed by atoms with Crippen LogP contribution < -0.4 is 15.5 Å². The van der Waals surface area contributed by atoms with Gasteiger partial charge in [-0.05, 0) is 74.8 Å². The third-order valence-corrected chi connectivity index (χ3v) is 11.6. The Morgan fingerprint density at radius 3 is 1.66 bits per heavy atom. The smallest absolute Gasteiger partial charge is 0.145 e. The molecular weight excluding hydrogens is 719 g/mol. The molecule has 0 fully saturated rings. The second kappa shape index (κ2) is 14.6. The Hall–Kier alpha value is -7.76. The Morgan fingerprint density at radius 1 is 0.424 bits per heavy atom. The Balaban J connectivity index is 0.903. The molecule has 2 atom stereocenters. The molecule has 0 saturated heterocycles. The van der Waals surface area contributed by atoms with Gasteiger partial charge >= 0.3 is 0 Å². The van der Waals surface area contributed by atoms with Gasteiger partial charge in [0, 0.05) is 33.7 Å². The lowest BCUT2D eigenvalue weighted by atomic mass is 9.97. The van der Waals surface area contributed by atoms with Crippen LogP contribution >= 0.6 is 0 Å². The summed E-state index contributed by atoms with van der Waals surface area (Å²) in [5, 5.41) is 11.1.